The van der Waals surface area contributed by atoms with Crippen LogP contribution in [0.1, 0.15) is 10.4 Å². The Kier molecular flexibility index (Phi) is 3.22. The molecule has 1 rings (SSSR count). The summed E-state index contributed by atoms with van der Waals surface area (Å²) in [5, 5.41) is 0.327. The molecule has 0 radical (unpaired) electrons. The molecule has 0 aliphatic rings. The number of ketones is 1. The van der Waals surface area contributed by atoms with Gasteiger partial charge in [-0.15, -0.1) is 0 Å². The maximum absolute atomic E-state index is 11.9. The summed E-state index contributed by atoms with van der Waals surface area (Å²) in [6.45, 7) is 0. The van der Waals surface area contributed by atoms with Gasteiger partial charge in [-0.1, -0.05) is 23.2 Å². The second kappa shape index (κ2) is 4.03. The van der Waals surface area contributed by atoms with Gasteiger partial charge in [-0.2, -0.15) is 0 Å². The number of hydrogen-bond acceptors (Lipinski definition) is 1. The molecule has 0 aromatic heterocycles. The maximum Gasteiger partial charge on any atom is 0.300 e. The van der Waals surface area contributed by atoms with Crippen LogP contribution in [0.15, 0.2) is 18.2 Å². The van der Waals surface area contributed by atoms with E-state index in [2.05, 4.69) is 0 Å². The van der Waals surface area contributed by atoms with Crippen LogP contribution in [0.5, 0.6) is 0 Å². The van der Waals surface area contributed by atoms with Gasteiger partial charge >= 0.3 is 6.43 Å². The Morgan fingerprint density at radius 1 is 1.15 bits per heavy atom. The lowest BCUT2D eigenvalue weighted by Gasteiger charge is -2.00. The zero-order chi connectivity index (χ0) is 10.0. The van der Waals surface area contributed by atoms with E-state index in [0.717, 1.165) is 12.1 Å². The van der Waals surface area contributed by atoms with Gasteiger partial charge in [-0.25, -0.2) is 8.78 Å². The van der Waals surface area contributed by atoms with Crippen LogP contribution in [-0.4, -0.2) is 12.2 Å². The molecule has 5 heteroatoms. The van der Waals surface area contributed by atoms with Gasteiger partial charge in [-0.05, 0) is 18.2 Å². The first kappa shape index (κ1) is 10.4. The fourth-order valence-corrected chi connectivity index (χ4v) is 1.35. The normalized spacial score (nSPS) is 10.5. The first-order chi connectivity index (χ1) is 6.00. The summed E-state index contributed by atoms with van der Waals surface area (Å²) in [4.78, 5) is 10.8. The predicted octanol–water partition coefficient (Wildman–Crippen LogP) is 3.44. The minimum Gasteiger partial charge on any atom is -0.288 e. The Morgan fingerprint density at radius 3 is 2.00 bits per heavy atom. The van der Waals surface area contributed by atoms with Crippen molar-refractivity contribution < 1.29 is 13.6 Å². The van der Waals surface area contributed by atoms with Gasteiger partial charge in [0.1, 0.15) is 0 Å². The molecule has 0 spiro atoms. The van der Waals surface area contributed by atoms with E-state index in [9.17, 15) is 13.6 Å². The van der Waals surface area contributed by atoms with E-state index < -0.39 is 12.2 Å². The van der Waals surface area contributed by atoms with E-state index in [1.54, 1.807) is 0 Å². The van der Waals surface area contributed by atoms with Gasteiger partial charge in [0, 0.05) is 15.6 Å². The van der Waals surface area contributed by atoms with Crippen LogP contribution in [0.25, 0.3) is 0 Å². The van der Waals surface area contributed by atoms with E-state index in [1.165, 1.54) is 6.07 Å². The molecule has 1 aromatic carbocycles. The van der Waals surface area contributed by atoms with Crippen molar-refractivity contribution in [1.29, 1.82) is 0 Å². The van der Waals surface area contributed by atoms with Crippen molar-refractivity contribution in [2.24, 2.45) is 0 Å². The lowest BCUT2D eigenvalue weighted by atomic mass is 10.1. The molecule has 0 aliphatic carbocycles. The third-order valence-electron chi connectivity index (χ3n) is 1.35. The summed E-state index contributed by atoms with van der Waals surface area (Å²) in [7, 11) is 0. The highest BCUT2D eigenvalue weighted by molar-refractivity contribution is 6.35. The third-order valence-corrected chi connectivity index (χ3v) is 1.78. The number of rotatable bonds is 2. The number of Topliss-reactive ketones (excluding diaryl/α,β-unsaturated/α-hetero) is 1. The highest BCUT2D eigenvalue weighted by atomic mass is 35.5. The van der Waals surface area contributed by atoms with E-state index in [4.69, 9.17) is 23.2 Å². The Balaban J connectivity index is 3.08. The molecule has 0 aliphatic heterocycles. The standard InChI is InChI=1S/C8H4Cl2F2O/c9-5-1-4(2-6(10)3-5)7(13)8(11)12/h1-3,8H. The quantitative estimate of drug-likeness (QED) is 0.704. The minimum atomic E-state index is -3.03. The molecule has 0 heterocycles. The molecule has 0 saturated heterocycles. The third kappa shape index (κ3) is 2.64. The number of benzene rings is 1. The average Bonchev–Trinajstić information content (AvgIpc) is 2.01. The Labute approximate surface area is 83.3 Å². The SMILES string of the molecule is O=C(c1cc(Cl)cc(Cl)c1)C(F)F. The molecule has 0 unspecified atom stereocenters. The summed E-state index contributed by atoms with van der Waals surface area (Å²) in [5.74, 6) is -1.27. The van der Waals surface area contributed by atoms with Crippen LogP contribution >= 0.6 is 23.2 Å². The molecule has 13 heavy (non-hydrogen) atoms. The van der Waals surface area contributed by atoms with Crippen LogP contribution in [0.4, 0.5) is 8.78 Å². The van der Waals surface area contributed by atoms with Gasteiger partial charge in [0.05, 0.1) is 0 Å². The number of alkyl halides is 2. The number of hydrogen-bond donors (Lipinski definition) is 0. The molecule has 0 atom stereocenters. The highest BCUT2D eigenvalue weighted by Gasteiger charge is 2.18. The van der Waals surface area contributed by atoms with Crippen molar-refractivity contribution in [3.8, 4) is 0 Å². The average molecular weight is 225 g/mol. The summed E-state index contributed by atoms with van der Waals surface area (Å²) in [5.41, 5.74) is -0.174. The second-order valence-electron chi connectivity index (χ2n) is 2.32. The van der Waals surface area contributed by atoms with E-state index in [0.29, 0.717) is 0 Å². The first-order valence-corrected chi connectivity index (χ1v) is 4.05. The molecule has 0 fully saturated rings. The molecule has 0 amide bonds. The van der Waals surface area contributed by atoms with Crippen molar-refractivity contribution in [2.75, 3.05) is 0 Å². The Hall–Kier alpha value is -0.670. The number of carbonyl (C=O) groups excluding carboxylic acids is 1. The molecule has 70 valence electrons. The van der Waals surface area contributed by atoms with Crippen molar-refractivity contribution >= 4 is 29.0 Å². The fourth-order valence-electron chi connectivity index (χ4n) is 0.822. The predicted molar refractivity (Wildman–Crippen MR) is 46.8 cm³/mol. The van der Waals surface area contributed by atoms with Gasteiger partial charge in [0.2, 0.25) is 5.78 Å². The zero-order valence-electron chi connectivity index (χ0n) is 6.23. The van der Waals surface area contributed by atoms with Crippen molar-refractivity contribution in [3.63, 3.8) is 0 Å². The van der Waals surface area contributed by atoms with Crippen molar-refractivity contribution in [2.45, 2.75) is 6.43 Å². The Bertz CT molecular complexity index is 319. The summed E-state index contributed by atoms with van der Waals surface area (Å²) < 4.78 is 23.9. The van der Waals surface area contributed by atoms with Gasteiger partial charge in [-0.3, -0.25) is 4.79 Å². The van der Waals surface area contributed by atoms with E-state index in [1.807, 2.05) is 0 Å². The highest BCUT2D eigenvalue weighted by Crippen LogP contribution is 2.20. The fraction of sp³-hybridized carbons (Fsp3) is 0.125. The van der Waals surface area contributed by atoms with E-state index >= 15 is 0 Å². The van der Waals surface area contributed by atoms with Gasteiger partial charge in [0.25, 0.3) is 0 Å². The molecule has 0 N–H and O–H groups in total. The summed E-state index contributed by atoms with van der Waals surface area (Å²) in [6.07, 6.45) is -3.03. The summed E-state index contributed by atoms with van der Waals surface area (Å²) >= 11 is 11.0. The Morgan fingerprint density at radius 2 is 1.62 bits per heavy atom. The zero-order valence-corrected chi connectivity index (χ0v) is 7.74. The van der Waals surface area contributed by atoms with Gasteiger partial charge < -0.3 is 0 Å². The van der Waals surface area contributed by atoms with Crippen LogP contribution in [0.2, 0.25) is 10.0 Å². The monoisotopic (exact) mass is 224 g/mol. The lowest BCUT2D eigenvalue weighted by Crippen LogP contribution is -2.09. The minimum absolute atomic E-state index is 0.163. The van der Waals surface area contributed by atoms with Crippen molar-refractivity contribution in [1.82, 2.24) is 0 Å². The second-order valence-corrected chi connectivity index (χ2v) is 3.20. The van der Waals surface area contributed by atoms with Crippen LogP contribution in [0, 0.1) is 0 Å². The van der Waals surface area contributed by atoms with Crippen LogP contribution in [0.3, 0.4) is 0 Å². The van der Waals surface area contributed by atoms with Crippen LogP contribution in [-0.2, 0) is 0 Å². The molecular formula is C8H4Cl2F2O. The van der Waals surface area contributed by atoms with Gasteiger partial charge in [0.15, 0.2) is 0 Å². The molecule has 0 saturated carbocycles. The topological polar surface area (TPSA) is 17.1 Å². The number of halogens is 4. The molecule has 1 aromatic rings. The van der Waals surface area contributed by atoms with E-state index in [-0.39, 0.29) is 15.6 Å². The van der Waals surface area contributed by atoms with Crippen molar-refractivity contribution in [3.05, 3.63) is 33.8 Å². The molecule has 1 nitrogen and oxygen atoms in total. The summed E-state index contributed by atoms with van der Waals surface area (Å²) in [6, 6.07) is 3.68. The van der Waals surface area contributed by atoms with Crippen LogP contribution < -0.4 is 0 Å². The molecule has 0 bridgehead atoms. The molecular weight excluding hydrogens is 221 g/mol. The first-order valence-electron chi connectivity index (χ1n) is 3.29. The largest absolute Gasteiger partial charge is 0.300 e. The lowest BCUT2D eigenvalue weighted by molar-refractivity contribution is 0.0679. The smallest absolute Gasteiger partial charge is 0.288 e. The maximum atomic E-state index is 11.9. The number of carbonyl (C=O) groups is 1.